The van der Waals surface area contributed by atoms with Gasteiger partial charge in [-0.3, -0.25) is 19.2 Å². The molecular weight excluding hydrogens is 434 g/mol. The van der Waals surface area contributed by atoms with E-state index in [0.29, 0.717) is 37.1 Å². The van der Waals surface area contributed by atoms with E-state index < -0.39 is 17.4 Å². The molecule has 2 unspecified atom stereocenters. The number of carbonyl (C=O) groups is 4. The fraction of sp³-hybridized carbons (Fsp3) is 0.481. The Hall–Kier alpha value is -3.22. The Morgan fingerprint density at radius 3 is 2.32 bits per heavy atom. The van der Waals surface area contributed by atoms with Gasteiger partial charge >= 0.3 is 11.9 Å². The van der Waals surface area contributed by atoms with Gasteiger partial charge in [0.1, 0.15) is 5.60 Å². The van der Waals surface area contributed by atoms with Gasteiger partial charge < -0.3 is 14.8 Å². The van der Waals surface area contributed by atoms with Crippen LogP contribution in [0.15, 0.2) is 48.2 Å². The Bertz CT molecular complexity index is 1000. The number of hydrogen-bond donors (Lipinski definition) is 1. The molecule has 2 aliphatic rings. The third-order valence-corrected chi connectivity index (χ3v) is 5.68. The van der Waals surface area contributed by atoms with E-state index >= 15 is 0 Å². The molecule has 0 amide bonds. The molecule has 0 radical (unpaired) electrons. The van der Waals surface area contributed by atoms with Crippen LogP contribution in [0.2, 0.25) is 0 Å². The van der Waals surface area contributed by atoms with Gasteiger partial charge in [0.05, 0.1) is 18.4 Å². The molecule has 1 aromatic carbocycles. The van der Waals surface area contributed by atoms with Gasteiger partial charge in [0.15, 0.2) is 11.6 Å². The third-order valence-electron chi connectivity index (χ3n) is 5.68. The molecule has 2 aliphatic carbocycles. The Balaban J connectivity index is 1.36. The highest BCUT2D eigenvalue weighted by molar-refractivity contribution is 6.17. The van der Waals surface area contributed by atoms with E-state index in [1.54, 1.807) is 51.1 Å². The highest BCUT2D eigenvalue weighted by Gasteiger charge is 2.42. The first-order valence-electron chi connectivity index (χ1n) is 11.8. The molecule has 0 saturated carbocycles. The van der Waals surface area contributed by atoms with E-state index in [-0.39, 0.29) is 36.3 Å². The van der Waals surface area contributed by atoms with Crippen LogP contribution in [0.1, 0.15) is 73.6 Å². The highest BCUT2D eigenvalue weighted by Crippen LogP contribution is 2.36. The van der Waals surface area contributed by atoms with Crippen LogP contribution in [0.5, 0.6) is 0 Å². The quantitative estimate of drug-likeness (QED) is 0.407. The zero-order valence-electron chi connectivity index (χ0n) is 20.1. The summed E-state index contributed by atoms with van der Waals surface area (Å²) in [4.78, 5) is 49.4. The smallest absolute Gasteiger partial charge is 0.306 e. The molecule has 7 heteroatoms. The van der Waals surface area contributed by atoms with E-state index in [2.05, 4.69) is 5.32 Å². The first-order chi connectivity index (χ1) is 16.2. The number of unbranched alkanes of at least 4 members (excludes halogenated alkanes) is 1. The van der Waals surface area contributed by atoms with Crippen molar-refractivity contribution < 1.29 is 28.7 Å². The lowest BCUT2D eigenvalue weighted by molar-refractivity contribution is -0.155. The van der Waals surface area contributed by atoms with Gasteiger partial charge in [0.25, 0.3) is 0 Å². The van der Waals surface area contributed by atoms with Gasteiger partial charge in [0, 0.05) is 36.2 Å². The summed E-state index contributed by atoms with van der Waals surface area (Å²) in [7, 11) is 0. The molecule has 0 bridgehead atoms. The van der Waals surface area contributed by atoms with Crippen molar-refractivity contribution >= 4 is 23.5 Å². The van der Waals surface area contributed by atoms with Gasteiger partial charge in [-0.1, -0.05) is 36.4 Å². The van der Waals surface area contributed by atoms with Crippen LogP contribution in [-0.2, 0) is 19.1 Å². The van der Waals surface area contributed by atoms with Crippen molar-refractivity contribution in [2.45, 2.75) is 58.5 Å². The number of ketones is 2. The van der Waals surface area contributed by atoms with Crippen molar-refractivity contribution in [3.63, 3.8) is 0 Å². The average Bonchev–Trinajstić information content (AvgIpc) is 2.78. The van der Waals surface area contributed by atoms with Crippen LogP contribution in [0.4, 0.5) is 0 Å². The summed E-state index contributed by atoms with van der Waals surface area (Å²) in [6.07, 6.45) is 7.64. The molecule has 3 rings (SSSR count). The lowest BCUT2D eigenvalue weighted by atomic mass is 9.71. The molecule has 182 valence electrons. The van der Waals surface area contributed by atoms with Crippen molar-refractivity contribution in [2.24, 2.45) is 11.8 Å². The number of hydrogen-bond acceptors (Lipinski definition) is 7. The van der Waals surface area contributed by atoms with E-state index in [9.17, 15) is 19.2 Å². The Morgan fingerprint density at radius 2 is 1.62 bits per heavy atom. The fourth-order valence-electron chi connectivity index (χ4n) is 4.15. The minimum absolute atomic E-state index is 0.0255. The van der Waals surface area contributed by atoms with Crippen LogP contribution < -0.4 is 5.32 Å². The number of fused-ring (bicyclic) bond motifs is 2. The number of nitrogens with one attached hydrogen (secondary N) is 1. The van der Waals surface area contributed by atoms with Gasteiger partial charge in [-0.15, -0.1) is 0 Å². The molecule has 1 aromatic rings. The van der Waals surface area contributed by atoms with E-state index in [1.165, 1.54) is 0 Å². The SMILES string of the molecule is CC(C)(C)OC(=O)CCCC(=O)OCCCCNC1=CC=CC2C(=O)c3ccccc3C(=O)C12. The summed E-state index contributed by atoms with van der Waals surface area (Å²) in [5.41, 5.74) is 1.20. The number of allylic oxidation sites excluding steroid dienone is 4. The first kappa shape index (κ1) is 25.4. The molecule has 0 heterocycles. The highest BCUT2D eigenvalue weighted by atomic mass is 16.6. The fourth-order valence-corrected chi connectivity index (χ4v) is 4.15. The van der Waals surface area contributed by atoms with E-state index in [4.69, 9.17) is 9.47 Å². The minimum Gasteiger partial charge on any atom is -0.466 e. The Labute approximate surface area is 200 Å². The maximum Gasteiger partial charge on any atom is 0.306 e. The van der Waals surface area contributed by atoms with E-state index in [0.717, 1.165) is 12.1 Å². The van der Waals surface area contributed by atoms with Crippen molar-refractivity contribution in [1.82, 2.24) is 5.32 Å². The lowest BCUT2D eigenvalue weighted by Crippen LogP contribution is -2.41. The number of esters is 2. The van der Waals surface area contributed by atoms with Gasteiger partial charge in [-0.05, 0) is 46.1 Å². The summed E-state index contributed by atoms with van der Waals surface area (Å²) in [6, 6.07) is 6.98. The average molecular weight is 468 g/mol. The predicted molar refractivity (Wildman–Crippen MR) is 127 cm³/mol. The molecule has 0 spiro atoms. The molecule has 2 atom stereocenters. The number of rotatable bonds is 10. The number of Topliss-reactive ketones (excluding diaryl/α,β-unsaturated/α-hetero) is 2. The molecule has 0 aromatic heterocycles. The van der Waals surface area contributed by atoms with Crippen molar-refractivity contribution in [3.8, 4) is 0 Å². The van der Waals surface area contributed by atoms with Gasteiger partial charge in [0.2, 0.25) is 0 Å². The second-order valence-electron chi connectivity index (χ2n) is 9.58. The van der Waals surface area contributed by atoms with Crippen LogP contribution in [0.25, 0.3) is 0 Å². The molecular formula is C27H33NO6. The van der Waals surface area contributed by atoms with Crippen LogP contribution in [0, 0.1) is 11.8 Å². The third kappa shape index (κ3) is 6.65. The molecule has 0 aliphatic heterocycles. The summed E-state index contributed by atoms with van der Waals surface area (Å²) >= 11 is 0. The van der Waals surface area contributed by atoms with Crippen molar-refractivity contribution in [1.29, 1.82) is 0 Å². The standard InChI is InChI=1S/C27H33NO6/c1-27(2,3)34-23(30)15-9-14-22(29)33-17-7-6-16-28-21-13-8-12-20-24(21)26(32)19-11-5-4-10-18(19)25(20)31/h4-5,8,10-13,20,24,28H,6-7,9,14-17H2,1-3H3. The summed E-state index contributed by atoms with van der Waals surface area (Å²) in [5.74, 6) is -1.70. The van der Waals surface area contributed by atoms with Crippen molar-refractivity contribution in [2.75, 3.05) is 13.2 Å². The van der Waals surface area contributed by atoms with Gasteiger partial charge in [-0.2, -0.15) is 0 Å². The van der Waals surface area contributed by atoms with Crippen LogP contribution >= 0.6 is 0 Å². The first-order valence-corrected chi connectivity index (χ1v) is 11.8. The minimum atomic E-state index is -0.527. The largest absolute Gasteiger partial charge is 0.466 e. The molecule has 7 nitrogen and oxygen atoms in total. The molecule has 34 heavy (non-hydrogen) atoms. The molecule has 0 saturated heterocycles. The van der Waals surface area contributed by atoms with Crippen LogP contribution in [0.3, 0.4) is 0 Å². The molecule has 0 fully saturated rings. The Kier molecular flexibility index (Phi) is 8.42. The summed E-state index contributed by atoms with van der Waals surface area (Å²) < 4.78 is 10.4. The predicted octanol–water partition coefficient (Wildman–Crippen LogP) is 4.18. The Morgan fingerprint density at radius 1 is 0.941 bits per heavy atom. The lowest BCUT2D eigenvalue weighted by Gasteiger charge is -2.32. The number of carbonyl (C=O) groups excluding carboxylic acids is 4. The molecule has 1 N–H and O–H groups in total. The summed E-state index contributed by atoms with van der Waals surface area (Å²) in [6.45, 7) is 6.31. The van der Waals surface area contributed by atoms with Crippen LogP contribution in [-0.4, -0.2) is 42.3 Å². The zero-order chi connectivity index (χ0) is 24.7. The summed E-state index contributed by atoms with van der Waals surface area (Å²) in [5, 5.41) is 3.30. The second-order valence-corrected chi connectivity index (χ2v) is 9.58. The zero-order valence-corrected chi connectivity index (χ0v) is 20.1. The maximum atomic E-state index is 13.1. The monoisotopic (exact) mass is 467 g/mol. The van der Waals surface area contributed by atoms with Crippen molar-refractivity contribution in [3.05, 3.63) is 59.3 Å². The van der Waals surface area contributed by atoms with Gasteiger partial charge in [-0.25, -0.2) is 0 Å². The topological polar surface area (TPSA) is 98.8 Å². The second kappa shape index (κ2) is 11.3. The maximum absolute atomic E-state index is 13.1. The number of benzene rings is 1. The number of ether oxygens (including phenoxy) is 2. The van der Waals surface area contributed by atoms with E-state index in [1.807, 2.05) is 12.2 Å². The normalized spacial score (nSPS) is 19.1.